The van der Waals surface area contributed by atoms with E-state index in [-0.39, 0.29) is 6.61 Å². The Morgan fingerprint density at radius 1 is 0.769 bits per heavy atom. The molecule has 0 aromatic carbocycles. The van der Waals surface area contributed by atoms with E-state index in [0.29, 0.717) is 6.42 Å². The van der Waals surface area contributed by atoms with E-state index < -0.39 is 7.91 Å². The first-order valence-corrected chi connectivity index (χ1v) is 11.2. The van der Waals surface area contributed by atoms with E-state index in [2.05, 4.69) is 64.6 Å². The van der Waals surface area contributed by atoms with E-state index in [0.717, 1.165) is 39.2 Å². The van der Waals surface area contributed by atoms with Crippen LogP contribution in [-0.4, -0.2) is 13.7 Å². The van der Waals surface area contributed by atoms with Crippen LogP contribution in [0.5, 0.6) is 0 Å². The fourth-order valence-electron chi connectivity index (χ4n) is 2.15. The molecule has 150 valence electrons. The SMILES string of the molecule is CCCCCC=CCC=CCC=CCC=CCCCCOP(=O)(F)OC. The van der Waals surface area contributed by atoms with Crippen molar-refractivity contribution in [1.82, 2.24) is 0 Å². The second-order valence-corrected chi connectivity index (χ2v) is 7.52. The summed E-state index contributed by atoms with van der Waals surface area (Å²) < 4.78 is 32.3. The van der Waals surface area contributed by atoms with Crippen LogP contribution < -0.4 is 0 Å². The van der Waals surface area contributed by atoms with Crippen molar-refractivity contribution in [2.75, 3.05) is 13.7 Å². The first-order valence-electron chi connectivity index (χ1n) is 9.72. The monoisotopic (exact) mass is 386 g/mol. The summed E-state index contributed by atoms with van der Waals surface area (Å²) in [5.74, 6) is 0. The number of allylic oxidation sites excluding steroid dienone is 8. The van der Waals surface area contributed by atoms with Crippen molar-refractivity contribution < 1.29 is 17.8 Å². The molecule has 0 spiro atoms. The molecule has 0 saturated heterocycles. The fourth-order valence-corrected chi connectivity index (χ4v) is 2.60. The van der Waals surface area contributed by atoms with Gasteiger partial charge in [0.25, 0.3) is 0 Å². The van der Waals surface area contributed by atoms with Gasteiger partial charge in [0.15, 0.2) is 0 Å². The third-order valence-electron chi connectivity index (χ3n) is 3.69. The number of unbranched alkanes of at least 4 members (excludes halogenated alkanes) is 5. The van der Waals surface area contributed by atoms with Gasteiger partial charge in [-0.1, -0.05) is 68.4 Å². The lowest BCUT2D eigenvalue weighted by atomic mass is 10.2. The highest BCUT2D eigenvalue weighted by Gasteiger charge is 2.20. The van der Waals surface area contributed by atoms with Crippen LogP contribution in [-0.2, 0) is 13.6 Å². The Morgan fingerprint density at radius 2 is 1.23 bits per heavy atom. The molecule has 0 aliphatic rings. The third kappa shape index (κ3) is 19.4. The van der Waals surface area contributed by atoms with Gasteiger partial charge in [0.1, 0.15) is 0 Å². The van der Waals surface area contributed by atoms with E-state index in [1.807, 2.05) is 0 Å². The Hall–Kier alpha value is -0.960. The molecule has 0 heterocycles. The standard InChI is InChI=1S/C21H36FO3P/c1-3-4-5-6-7-8-9-10-11-12-13-14-15-16-17-18-19-20-21-25-26(22,23)24-2/h7-8,10-11,13-14,16-17H,3-6,9,12,15,18-21H2,1-2H3. The topological polar surface area (TPSA) is 35.5 Å². The summed E-state index contributed by atoms with van der Waals surface area (Å²) in [6, 6.07) is 0. The molecule has 3 nitrogen and oxygen atoms in total. The number of hydrogen-bond acceptors (Lipinski definition) is 3. The van der Waals surface area contributed by atoms with Gasteiger partial charge in [-0.15, -0.1) is 4.20 Å². The predicted octanol–water partition coefficient (Wildman–Crippen LogP) is 7.87. The van der Waals surface area contributed by atoms with Gasteiger partial charge in [-0.2, -0.15) is 0 Å². The van der Waals surface area contributed by atoms with Gasteiger partial charge in [-0.3, -0.25) is 9.05 Å². The van der Waals surface area contributed by atoms with Crippen molar-refractivity contribution in [2.45, 2.75) is 71.1 Å². The molecule has 0 N–H and O–H groups in total. The number of rotatable bonds is 17. The van der Waals surface area contributed by atoms with Gasteiger partial charge < -0.3 is 0 Å². The molecule has 0 radical (unpaired) electrons. The largest absolute Gasteiger partial charge is 0.512 e. The first kappa shape index (κ1) is 25.0. The Morgan fingerprint density at radius 3 is 1.69 bits per heavy atom. The minimum absolute atomic E-state index is 0.121. The zero-order valence-corrected chi connectivity index (χ0v) is 17.3. The van der Waals surface area contributed by atoms with Crippen LogP contribution in [0.3, 0.4) is 0 Å². The number of halogens is 1. The molecule has 1 atom stereocenters. The van der Waals surface area contributed by atoms with Crippen LogP contribution in [0.15, 0.2) is 48.6 Å². The molecule has 0 saturated carbocycles. The zero-order chi connectivity index (χ0) is 19.3. The van der Waals surface area contributed by atoms with Gasteiger partial charge in [0.2, 0.25) is 0 Å². The zero-order valence-electron chi connectivity index (χ0n) is 16.4. The highest BCUT2D eigenvalue weighted by molar-refractivity contribution is 7.48. The summed E-state index contributed by atoms with van der Waals surface area (Å²) in [4.78, 5) is 0. The maximum Gasteiger partial charge on any atom is 0.512 e. The van der Waals surface area contributed by atoms with Crippen LogP contribution >= 0.6 is 7.91 Å². The van der Waals surface area contributed by atoms with Crippen LogP contribution in [0.1, 0.15) is 71.1 Å². The molecule has 0 aromatic rings. The molecule has 0 aliphatic carbocycles. The normalized spacial score (nSPS) is 15.0. The van der Waals surface area contributed by atoms with Gasteiger partial charge in [-0.05, 0) is 51.4 Å². The molecule has 0 fully saturated rings. The summed E-state index contributed by atoms with van der Waals surface area (Å²) >= 11 is 0. The summed E-state index contributed by atoms with van der Waals surface area (Å²) in [6.45, 7) is 2.35. The lowest BCUT2D eigenvalue weighted by molar-refractivity contribution is 0.198. The van der Waals surface area contributed by atoms with E-state index in [1.54, 1.807) is 0 Å². The van der Waals surface area contributed by atoms with Crippen molar-refractivity contribution >= 4 is 7.91 Å². The molecule has 5 heteroatoms. The molecule has 0 aromatic heterocycles. The Bertz CT molecular complexity index is 470. The smallest absolute Gasteiger partial charge is 0.287 e. The summed E-state index contributed by atoms with van der Waals surface area (Å²) in [5.41, 5.74) is 0. The van der Waals surface area contributed by atoms with Crippen LogP contribution in [0.2, 0.25) is 0 Å². The Labute approximate surface area is 159 Å². The van der Waals surface area contributed by atoms with Crippen molar-refractivity contribution in [3.63, 3.8) is 0 Å². The van der Waals surface area contributed by atoms with Gasteiger partial charge >= 0.3 is 7.91 Å². The maximum atomic E-state index is 12.8. The highest BCUT2D eigenvalue weighted by Crippen LogP contribution is 2.48. The summed E-state index contributed by atoms with van der Waals surface area (Å²) in [5, 5.41) is 0. The van der Waals surface area contributed by atoms with Crippen LogP contribution in [0.4, 0.5) is 4.20 Å². The molecule has 0 aliphatic heterocycles. The average molecular weight is 386 g/mol. The predicted molar refractivity (Wildman–Crippen MR) is 110 cm³/mol. The number of hydrogen-bond donors (Lipinski definition) is 0. The van der Waals surface area contributed by atoms with Gasteiger partial charge in [-0.25, -0.2) is 4.57 Å². The van der Waals surface area contributed by atoms with E-state index in [9.17, 15) is 8.76 Å². The highest BCUT2D eigenvalue weighted by atomic mass is 31.2. The van der Waals surface area contributed by atoms with Crippen molar-refractivity contribution in [2.24, 2.45) is 0 Å². The quantitative estimate of drug-likeness (QED) is 0.145. The second kappa shape index (κ2) is 18.8. The van der Waals surface area contributed by atoms with Crippen molar-refractivity contribution in [3.05, 3.63) is 48.6 Å². The van der Waals surface area contributed by atoms with Crippen LogP contribution in [0.25, 0.3) is 0 Å². The second-order valence-electron chi connectivity index (χ2n) is 6.03. The molecule has 26 heavy (non-hydrogen) atoms. The van der Waals surface area contributed by atoms with E-state index >= 15 is 0 Å². The molecular weight excluding hydrogens is 350 g/mol. The maximum absolute atomic E-state index is 12.8. The Kier molecular flexibility index (Phi) is 18.1. The third-order valence-corrected chi connectivity index (χ3v) is 4.61. The average Bonchev–Trinajstić information content (AvgIpc) is 2.63. The van der Waals surface area contributed by atoms with Crippen LogP contribution in [0, 0.1) is 0 Å². The lowest BCUT2D eigenvalue weighted by Gasteiger charge is -2.05. The van der Waals surface area contributed by atoms with Gasteiger partial charge in [0, 0.05) is 7.11 Å². The van der Waals surface area contributed by atoms with E-state index in [4.69, 9.17) is 0 Å². The fraction of sp³-hybridized carbons (Fsp3) is 0.619. The van der Waals surface area contributed by atoms with Crippen molar-refractivity contribution in [1.29, 1.82) is 0 Å². The lowest BCUT2D eigenvalue weighted by Crippen LogP contribution is -1.91. The minimum Gasteiger partial charge on any atom is -0.287 e. The molecule has 0 bridgehead atoms. The molecule has 1 unspecified atom stereocenters. The van der Waals surface area contributed by atoms with Gasteiger partial charge in [0.05, 0.1) is 6.61 Å². The summed E-state index contributed by atoms with van der Waals surface area (Å²) in [7, 11) is -3.26. The molecule has 0 amide bonds. The van der Waals surface area contributed by atoms with Crippen molar-refractivity contribution in [3.8, 4) is 0 Å². The minimum atomic E-state index is -4.30. The molecular formula is C21H36FO3P. The summed E-state index contributed by atoms with van der Waals surface area (Å²) in [6.07, 6.45) is 27.9. The molecule has 0 rings (SSSR count). The first-order chi connectivity index (χ1) is 12.6. The van der Waals surface area contributed by atoms with E-state index in [1.165, 1.54) is 25.7 Å². The Balaban J connectivity index is 3.45.